The third kappa shape index (κ3) is 4.56. The standard InChI is InChI=1S/C36H33F2N5O2/c1-3-25-28(37)8-5-21-15-24(44)16-26(29(21)25)31-30(38)32-27(17-39-31)33(43-18-22-6-7-23(19-43)40-22)42-34(41-32)45-20-36-12-9-35(4-2,10-13-36)11-14-36/h1-2,5,8,15-17,22-23,40,44H,6-7,9-14,18-20H2/t22-,23+,35?,36?. The van der Waals surface area contributed by atoms with E-state index < -0.39 is 11.6 Å². The molecule has 2 aromatic heterocycles. The molecule has 2 aliphatic heterocycles. The van der Waals surface area contributed by atoms with Gasteiger partial charge in [-0.2, -0.15) is 9.97 Å². The van der Waals surface area contributed by atoms with E-state index in [-0.39, 0.29) is 44.9 Å². The summed E-state index contributed by atoms with van der Waals surface area (Å²) >= 11 is 0. The highest BCUT2D eigenvalue weighted by Crippen LogP contribution is 2.56. The molecule has 2 atom stereocenters. The summed E-state index contributed by atoms with van der Waals surface area (Å²) in [6.45, 7) is 1.89. The van der Waals surface area contributed by atoms with Crippen molar-refractivity contribution in [2.24, 2.45) is 10.8 Å². The van der Waals surface area contributed by atoms with Crippen molar-refractivity contribution in [3.8, 4) is 47.7 Å². The molecule has 228 valence electrons. The first-order valence-corrected chi connectivity index (χ1v) is 15.7. The second kappa shape index (κ2) is 10.3. The molecule has 0 unspecified atom stereocenters. The van der Waals surface area contributed by atoms with Gasteiger partial charge in [0.2, 0.25) is 0 Å². The van der Waals surface area contributed by atoms with E-state index in [0.29, 0.717) is 40.7 Å². The normalized spacial score (nSPS) is 27.1. The van der Waals surface area contributed by atoms with Crippen LogP contribution in [-0.2, 0) is 0 Å². The molecule has 4 aromatic rings. The molecule has 9 rings (SSSR count). The first-order chi connectivity index (χ1) is 21.8. The van der Waals surface area contributed by atoms with Gasteiger partial charge in [0.1, 0.15) is 28.6 Å². The Bertz CT molecular complexity index is 1930. The number of hydrogen-bond acceptors (Lipinski definition) is 7. The number of phenols is 1. The summed E-state index contributed by atoms with van der Waals surface area (Å²) < 4.78 is 38.0. The number of ether oxygens (including phenoxy) is 1. The highest BCUT2D eigenvalue weighted by molar-refractivity contribution is 6.03. The fraction of sp³-hybridized carbons (Fsp3) is 0.417. The zero-order valence-electron chi connectivity index (χ0n) is 24.9. The largest absolute Gasteiger partial charge is 0.508 e. The number of halogens is 2. The van der Waals surface area contributed by atoms with Gasteiger partial charge < -0.3 is 20.1 Å². The third-order valence-corrected chi connectivity index (χ3v) is 10.8. The van der Waals surface area contributed by atoms with Crippen molar-refractivity contribution in [2.45, 2.75) is 63.5 Å². The Morgan fingerprint density at radius 3 is 2.44 bits per heavy atom. The lowest BCUT2D eigenvalue weighted by Gasteiger charge is -2.50. The van der Waals surface area contributed by atoms with Gasteiger partial charge in [0.25, 0.3) is 0 Å². The Labute approximate surface area is 260 Å². The van der Waals surface area contributed by atoms with E-state index >= 15 is 4.39 Å². The van der Waals surface area contributed by atoms with Crippen molar-refractivity contribution in [1.29, 1.82) is 0 Å². The van der Waals surface area contributed by atoms with Crippen molar-refractivity contribution < 1.29 is 18.6 Å². The molecule has 3 aliphatic carbocycles. The summed E-state index contributed by atoms with van der Waals surface area (Å²) in [7, 11) is 0. The predicted molar refractivity (Wildman–Crippen MR) is 169 cm³/mol. The first-order valence-electron chi connectivity index (χ1n) is 15.7. The Balaban J connectivity index is 1.25. The molecule has 2 aromatic carbocycles. The van der Waals surface area contributed by atoms with Crippen LogP contribution in [-0.4, -0.2) is 51.8 Å². The Morgan fingerprint density at radius 1 is 1.02 bits per heavy atom. The van der Waals surface area contributed by atoms with Gasteiger partial charge in [0, 0.05) is 53.1 Å². The van der Waals surface area contributed by atoms with Gasteiger partial charge in [-0.3, -0.25) is 4.98 Å². The van der Waals surface area contributed by atoms with Crippen molar-refractivity contribution >= 4 is 27.5 Å². The fourth-order valence-electron chi connectivity index (χ4n) is 8.15. The highest BCUT2D eigenvalue weighted by atomic mass is 19.1. The van der Waals surface area contributed by atoms with Crippen LogP contribution in [0.4, 0.5) is 14.6 Å². The number of benzene rings is 2. The van der Waals surface area contributed by atoms with E-state index in [0.717, 1.165) is 64.5 Å². The third-order valence-electron chi connectivity index (χ3n) is 10.8. The van der Waals surface area contributed by atoms with Gasteiger partial charge in [0.05, 0.1) is 17.6 Å². The van der Waals surface area contributed by atoms with Gasteiger partial charge in [-0.25, -0.2) is 8.78 Å². The zero-order chi connectivity index (χ0) is 30.9. The van der Waals surface area contributed by atoms with E-state index in [2.05, 4.69) is 32.0 Å². The van der Waals surface area contributed by atoms with Gasteiger partial charge in [-0.15, -0.1) is 12.8 Å². The van der Waals surface area contributed by atoms with E-state index in [1.54, 1.807) is 6.20 Å². The van der Waals surface area contributed by atoms with Crippen LogP contribution in [0.2, 0.25) is 0 Å². The number of pyridine rings is 1. The molecule has 0 spiro atoms. The van der Waals surface area contributed by atoms with E-state index in [9.17, 15) is 9.50 Å². The SMILES string of the molecule is C#Cc1c(F)ccc2cc(O)cc(-c3ncc4c(N5C[C@H]6CC[C@@H](C5)N6)nc(OCC56CCC(C#C)(CC5)CC6)nc4c3F)c12. The average Bonchev–Trinajstić information content (AvgIpc) is 3.41. The molecule has 0 amide bonds. The van der Waals surface area contributed by atoms with Crippen LogP contribution < -0.4 is 15.0 Å². The molecular formula is C36H33F2N5O2. The number of anilines is 1. The molecule has 4 heterocycles. The number of aromatic nitrogens is 3. The number of rotatable bonds is 5. The molecule has 45 heavy (non-hydrogen) atoms. The van der Waals surface area contributed by atoms with Gasteiger partial charge >= 0.3 is 6.01 Å². The first kappa shape index (κ1) is 28.0. The summed E-state index contributed by atoms with van der Waals surface area (Å²) in [6, 6.07) is 6.32. The lowest BCUT2D eigenvalue weighted by Crippen LogP contribution is -2.51. The number of piperazine rings is 1. The van der Waals surface area contributed by atoms with Crippen LogP contribution in [0, 0.1) is 47.2 Å². The van der Waals surface area contributed by atoms with Crippen molar-refractivity contribution in [1.82, 2.24) is 20.3 Å². The van der Waals surface area contributed by atoms with Crippen LogP contribution in [0.1, 0.15) is 56.9 Å². The lowest BCUT2D eigenvalue weighted by molar-refractivity contribution is -0.0104. The Morgan fingerprint density at radius 2 is 1.76 bits per heavy atom. The maximum Gasteiger partial charge on any atom is 0.319 e. The topological polar surface area (TPSA) is 83.4 Å². The van der Waals surface area contributed by atoms with E-state index in [4.69, 9.17) is 22.6 Å². The molecular weight excluding hydrogens is 572 g/mol. The lowest BCUT2D eigenvalue weighted by atomic mass is 9.54. The van der Waals surface area contributed by atoms with Gasteiger partial charge in [-0.05, 0) is 75.0 Å². The second-order valence-electron chi connectivity index (χ2n) is 13.4. The Kier molecular flexibility index (Phi) is 6.41. The Hall–Kier alpha value is -4.47. The molecule has 0 radical (unpaired) electrons. The number of fused-ring (bicyclic) bond motifs is 7. The zero-order valence-corrected chi connectivity index (χ0v) is 24.9. The number of aromatic hydroxyl groups is 1. The van der Waals surface area contributed by atoms with Crippen LogP contribution >= 0.6 is 0 Å². The molecule has 9 heteroatoms. The minimum Gasteiger partial charge on any atom is -0.508 e. The number of phenolic OH excluding ortho intramolecular Hbond substituents is 1. The number of terminal acetylenes is 2. The molecule has 7 nitrogen and oxygen atoms in total. The van der Waals surface area contributed by atoms with Crippen molar-refractivity contribution in [2.75, 3.05) is 24.6 Å². The van der Waals surface area contributed by atoms with Crippen LogP contribution in [0.5, 0.6) is 11.8 Å². The molecule has 2 saturated heterocycles. The molecule has 4 bridgehead atoms. The number of nitrogens with zero attached hydrogens (tertiary/aromatic N) is 4. The summed E-state index contributed by atoms with van der Waals surface area (Å²) in [5, 5.41) is 15.4. The predicted octanol–water partition coefficient (Wildman–Crippen LogP) is 6.10. The summed E-state index contributed by atoms with van der Waals surface area (Å²) in [4.78, 5) is 16.2. The van der Waals surface area contributed by atoms with Gasteiger partial charge in [-0.1, -0.05) is 17.9 Å². The quantitative estimate of drug-likeness (QED) is 0.266. The minimum absolute atomic E-state index is 0.00333. The van der Waals surface area contributed by atoms with Crippen LogP contribution in [0.3, 0.4) is 0 Å². The summed E-state index contributed by atoms with van der Waals surface area (Å²) in [6.07, 6.45) is 21.2. The number of hydrogen-bond donors (Lipinski definition) is 2. The molecule has 3 saturated carbocycles. The van der Waals surface area contributed by atoms with Crippen molar-refractivity contribution in [3.63, 3.8) is 0 Å². The highest BCUT2D eigenvalue weighted by Gasteiger charge is 2.48. The average molecular weight is 606 g/mol. The smallest absolute Gasteiger partial charge is 0.319 e. The monoisotopic (exact) mass is 605 g/mol. The van der Waals surface area contributed by atoms with E-state index in [1.807, 2.05) is 0 Å². The van der Waals surface area contributed by atoms with E-state index in [1.165, 1.54) is 24.3 Å². The van der Waals surface area contributed by atoms with Crippen molar-refractivity contribution in [3.05, 3.63) is 47.7 Å². The number of nitrogens with one attached hydrogen (secondary N) is 1. The second-order valence-corrected chi connectivity index (χ2v) is 13.4. The fourth-order valence-corrected chi connectivity index (χ4v) is 8.15. The molecule has 2 N–H and O–H groups in total. The summed E-state index contributed by atoms with van der Waals surface area (Å²) in [5.41, 5.74) is 0.132. The van der Waals surface area contributed by atoms with Crippen LogP contribution in [0.15, 0.2) is 30.5 Å². The summed E-state index contributed by atoms with van der Waals surface area (Å²) in [5.74, 6) is 4.57. The van der Waals surface area contributed by atoms with Gasteiger partial charge in [0.15, 0.2) is 5.82 Å². The molecule has 5 aliphatic rings. The molecule has 5 fully saturated rings. The van der Waals surface area contributed by atoms with Crippen LogP contribution in [0.25, 0.3) is 32.9 Å². The minimum atomic E-state index is -0.717. The maximum atomic E-state index is 16.8. The maximum absolute atomic E-state index is 16.8.